The molecular formula is C10H14N4OS. The van der Waals surface area contributed by atoms with Crippen LogP contribution in [0.2, 0.25) is 0 Å². The van der Waals surface area contributed by atoms with Gasteiger partial charge in [-0.2, -0.15) is 0 Å². The number of aryl methyl sites for hydroxylation is 1. The van der Waals surface area contributed by atoms with Crippen LogP contribution in [0.4, 0.5) is 0 Å². The summed E-state index contributed by atoms with van der Waals surface area (Å²) in [6.07, 6.45) is 5.40. The normalized spacial score (nSPS) is 16.8. The van der Waals surface area contributed by atoms with Gasteiger partial charge in [0.25, 0.3) is 5.91 Å². The molecule has 0 bridgehead atoms. The van der Waals surface area contributed by atoms with Gasteiger partial charge in [0.1, 0.15) is 5.69 Å². The summed E-state index contributed by atoms with van der Waals surface area (Å²) in [5, 5.41) is 2.83. The van der Waals surface area contributed by atoms with Gasteiger partial charge >= 0.3 is 0 Å². The van der Waals surface area contributed by atoms with Gasteiger partial charge in [0.15, 0.2) is 0 Å². The number of nitrogens with two attached hydrogens (primary N) is 1. The van der Waals surface area contributed by atoms with Crippen molar-refractivity contribution in [1.82, 2.24) is 14.9 Å². The van der Waals surface area contributed by atoms with E-state index in [9.17, 15) is 4.79 Å². The Balaban J connectivity index is 2.02. The van der Waals surface area contributed by atoms with Gasteiger partial charge in [0, 0.05) is 13.2 Å². The summed E-state index contributed by atoms with van der Waals surface area (Å²) in [5.74, 6) is 0.190. The summed E-state index contributed by atoms with van der Waals surface area (Å²) in [5.41, 5.74) is 5.99. The van der Waals surface area contributed by atoms with Crippen LogP contribution in [-0.2, 0) is 7.05 Å². The highest BCUT2D eigenvalue weighted by atomic mass is 32.1. The Kier molecular flexibility index (Phi) is 2.91. The van der Waals surface area contributed by atoms with Crippen LogP contribution in [0.5, 0.6) is 0 Å². The van der Waals surface area contributed by atoms with Crippen molar-refractivity contribution in [3.63, 3.8) is 0 Å². The summed E-state index contributed by atoms with van der Waals surface area (Å²) >= 11 is 4.94. The van der Waals surface area contributed by atoms with E-state index in [1.165, 1.54) is 0 Å². The van der Waals surface area contributed by atoms with E-state index in [1.807, 2.05) is 7.05 Å². The molecule has 3 N–H and O–H groups in total. The molecule has 1 fully saturated rings. The minimum Gasteiger partial charge on any atom is -0.392 e. The zero-order valence-corrected chi connectivity index (χ0v) is 9.83. The van der Waals surface area contributed by atoms with E-state index in [0.717, 1.165) is 12.8 Å². The highest BCUT2D eigenvalue weighted by Crippen LogP contribution is 2.32. The lowest BCUT2D eigenvalue weighted by molar-refractivity contribution is 0.0939. The zero-order valence-electron chi connectivity index (χ0n) is 9.01. The SMILES string of the molecule is Cn1cnc(C(=O)NC(C(N)=S)C2CC2)c1. The van der Waals surface area contributed by atoms with E-state index in [-0.39, 0.29) is 11.9 Å². The number of thiocarbonyl (C=S) groups is 1. The van der Waals surface area contributed by atoms with Crippen molar-refractivity contribution in [2.24, 2.45) is 18.7 Å². The van der Waals surface area contributed by atoms with Crippen molar-refractivity contribution < 1.29 is 4.79 Å². The second-order valence-electron chi connectivity index (χ2n) is 4.12. The van der Waals surface area contributed by atoms with Gasteiger partial charge in [0.05, 0.1) is 17.4 Å². The minimum atomic E-state index is -0.217. The lowest BCUT2D eigenvalue weighted by atomic mass is 10.2. The minimum absolute atomic E-state index is 0.190. The lowest BCUT2D eigenvalue weighted by Crippen LogP contribution is -2.45. The zero-order chi connectivity index (χ0) is 11.7. The van der Waals surface area contributed by atoms with Crippen LogP contribution in [0.1, 0.15) is 23.3 Å². The summed E-state index contributed by atoms with van der Waals surface area (Å²) in [6.45, 7) is 0. The van der Waals surface area contributed by atoms with Crippen molar-refractivity contribution in [3.05, 3.63) is 18.2 Å². The van der Waals surface area contributed by atoms with Gasteiger partial charge in [-0.25, -0.2) is 4.98 Å². The molecule has 1 atom stereocenters. The predicted octanol–water partition coefficient (Wildman–Crippen LogP) is 0.215. The van der Waals surface area contributed by atoms with E-state index >= 15 is 0 Å². The van der Waals surface area contributed by atoms with Crippen LogP contribution < -0.4 is 11.1 Å². The Morgan fingerprint density at radius 2 is 2.44 bits per heavy atom. The molecule has 2 rings (SSSR count). The van der Waals surface area contributed by atoms with Crippen molar-refractivity contribution >= 4 is 23.1 Å². The lowest BCUT2D eigenvalue weighted by Gasteiger charge is -2.15. The Bertz CT molecular complexity index is 424. The molecule has 1 aromatic rings. The Morgan fingerprint density at radius 3 is 2.88 bits per heavy atom. The maximum Gasteiger partial charge on any atom is 0.272 e. The molecule has 16 heavy (non-hydrogen) atoms. The van der Waals surface area contributed by atoms with Crippen molar-refractivity contribution in [2.45, 2.75) is 18.9 Å². The number of nitrogens with zero attached hydrogens (tertiary/aromatic N) is 2. The predicted molar refractivity (Wildman–Crippen MR) is 64.0 cm³/mol. The number of imidazole rings is 1. The Morgan fingerprint density at radius 1 is 1.75 bits per heavy atom. The van der Waals surface area contributed by atoms with Gasteiger partial charge < -0.3 is 15.6 Å². The molecule has 1 heterocycles. The Labute approximate surface area is 99.0 Å². The first-order valence-corrected chi connectivity index (χ1v) is 5.57. The monoisotopic (exact) mass is 238 g/mol. The molecule has 6 heteroatoms. The van der Waals surface area contributed by atoms with Crippen LogP contribution in [0.25, 0.3) is 0 Å². The van der Waals surface area contributed by atoms with Crippen LogP contribution in [0.3, 0.4) is 0 Å². The second kappa shape index (κ2) is 4.21. The number of aromatic nitrogens is 2. The average molecular weight is 238 g/mol. The molecule has 1 aliphatic rings. The highest BCUT2D eigenvalue weighted by molar-refractivity contribution is 7.80. The molecule has 1 unspecified atom stereocenters. The number of nitrogens with one attached hydrogen (secondary N) is 1. The fourth-order valence-corrected chi connectivity index (χ4v) is 1.85. The maximum absolute atomic E-state index is 11.8. The second-order valence-corrected chi connectivity index (χ2v) is 4.59. The molecule has 1 amide bonds. The number of rotatable bonds is 4. The molecule has 5 nitrogen and oxygen atoms in total. The fourth-order valence-electron chi connectivity index (χ4n) is 1.60. The molecule has 0 saturated heterocycles. The van der Waals surface area contributed by atoms with Crippen LogP contribution >= 0.6 is 12.2 Å². The molecular weight excluding hydrogens is 224 g/mol. The number of hydrogen-bond acceptors (Lipinski definition) is 3. The maximum atomic E-state index is 11.8. The van der Waals surface area contributed by atoms with Gasteiger partial charge in [0.2, 0.25) is 0 Å². The van der Waals surface area contributed by atoms with E-state index < -0.39 is 0 Å². The summed E-state index contributed by atoms with van der Waals surface area (Å²) < 4.78 is 1.72. The first-order valence-electron chi connectivity index (χ1n) is 5.16. The van der Waals surface area contributed by atoms with Crippen molar-refractivity contribution in [1.29, 1.82) is 0 Å². The Hall–Kier alpha value is -1.43. The van der Waals surface area contributed by atoms with Crippen LogP contribution in [0, 0.1) is 5.92 Å². The number of carbonyl (C=O) groups is 1. The number of hydrogen-bond donors (Lipinski definition) is 2. The smallest absolute Gasteiger partial charge is 0.272 e. The first-order chi connectivity index (χ1) is 7.58. The number of amides is 1. The standard InChI is InChI=1S/C10H14N4OS/c1-14-4-7(12-5-14)10(15)13-8(9(11)16)6-2-3-6/h4-6,8H,2-3H2,1H3,(H2,11,16)(H,13,15). The van der Waals surface area contributed by atoms with Crippen molar-refractivity contribution in [2.75, 3.05) is 0 Å². The summed E-state index contributed by atoms with van der Waals surface area (Å²) in [6, 6.07) is -0.190. The third kappa shape index (κ3) is 2.38. The third-order valence-electron chi connectivity index (χ3n) is 2.62. The quantitative estimate of drug-likeness (QED) is 0.736. The van der Waals surface area contributed by atoms with Gasteiger partial charge in [-0.1, -0.05) is 12.2 Å². The molecule has 86 valence electrons. The van der Waals surface area contributed by atoms with E-state index in [1.54, 1.807) is 17.1 Å². The van der Waals surface area contributed by atoms with E-state index in [4.69, 9.17) is 18.0 Å². The van der Waals surface area contributed by atoms with Gasteiger partial charge in [-0.05, 0) is 18.8 Å². The summed E-state index contributed by atoms with van der Waals surface area (Å²) in [7, 11) is 1.82. The highest BCUT2D eigenvalue weighted by Gasteiger charge is 2.34. The average Bonchev–Trinajstić information content (AvgIpc) is 2.96. The molecule has 1 aliphatic carbocycles. The van der Waals surface area contributed by atoms with Gasteiger partial charge in [-0.15, -0.1) is 0 Å². The molecule has 0 spiro atoms. The van der Waals surface area contributed by atoms with Crippen LogP contribution in [-0.4, -0.2) is 26.5 Å². The molecule has 0 radical (unpaired) electrons. The first kappa shape index (κ1) is 11.1. The largest absolute Gasteiger partial charge is 0.392 e. The summed E-state index contributed by atoms with van der Waals surface area (Å²) in [4.78, 5) is 16.1. The third-order valence-corrected chi connectivity index (χ3v) is 2.88. The van der Waals surface area contributed by atoms with Crippen molar-refractivity contribution in [3.8, 4) is 0 Å². The van der Waals surface area contributed by atoms with E-state index in [2.05, 4.69) is 10.3 Å². The topological polar surface area (TPSA) is 72.9 Å². The number of carbonyl (C=O) groups excluding carboxylic acids is 1. The van der Waals surface area contributed by atoms with Gasteiger partial charge in [-0.3, -0.25) is 4.79 Å². The van der Waals surface area contributed by atoms with Crippen LogP contribution in [0.15, 0.2) is 12.5 Å². The van der Waals surface area contributed by atoms with E-state index in [0.29, 0.717) is 16.6 Å². The fraction of sp³-hybridized carbons (Fsp3) is 0.500. The molecule has 1 aromatic heterocycles. The molecule has 1 saturated carbocycles. The molecule has 0 aliphatic heterocycles. The molecule has 0 aromatic carbocycles.